The Hall–Kier alpha value is 0.0500. The molecule has 1 aliphatic rings. The zero-order valence-electron chi connectivity index (χ0n) is 9.13. The minimum absolute atomic E-state index is 0.592. The van der Waals surface area contributed by atoms with Crippen LogP contribution in [0, 0.1) is 12.3 Å². The van der Waals surface area contributed by atoms with E-state index in [2.05, 4.69) is 47.1 Å². The van der Waals surface area contributed by atoms with Gasteiger partial charge in [-0.2, -0.15) is 0 Å². The van der Waals surface area contributed by atoms with Gasteiger partial charge in [-0.15, -0.1) is 11.8 Å². The number of benzene rings is 1. The van der Waals surface area contributed by atoms with Crippen LogP contribution >= 0.6 is 27.7 Å². The number of hydrogen-bond donors (Lipinski definition) is 0. The van der Waals surface area contributed by atoms with E-state index in [1.165, 1.54) is 40.8 Å². The van der Waals surface area contributed by atoms with Crippen molar-refractivity contribution < 1.29 is 0 Å². The number of rotatable bonds is 4. The van der Waals surface area contributed by atoms with E-state index >= 15 is 0 Å². The van der Waals surface area contributed by atoms with E-state index in [4.69, 9.17) is 0 Å². The van der Waals surface area contributed by atoms with Crippen LogP contribution in [0.25, 0.3) is 0 Å². The Morgan fingerprint density at radius 2 is 2.20 bits per heavy atom. The Balaban J connectivity index is 1.92. The Bertz CT molecular complexity index is 326. The van der Waals surface area contributed by atoms with Crippen LogP contribution in [0.4, 0.5) is 0 Å². The first-order valence-electron chi connectivity index (χ1n) is 5.50. The molecular formula is C13H17BrS. The average molecular weight is 285 g/mol. The molecule has 2 rings (SSSR count). The summed E-state index contributed by atoms with van der Waals surface area (Å²) in [5.74, 6) is 1.27. The molecule has 15 heavy (non-hydrogen) atoms. The van der Waals surface area contributed by atoms with Gasteiger partial charge in [0.25, 0.3) is 0 Å². The van der Waals surface area contributed by atoms with Gasteiger partial charge < -0.3 is 0 Å². The summed E-state index contributed by atoms with van der Waals surface area (Å²) in [7, 11) is 0. The zero-order chi connectivity index (χ0) is 10.7. The van der Waals surface area contributed by atoms with Crippen molar-refractivity contribution >= 4 is 27.7 Å². The Labute approximate surface area is 105 Å². The second-order valence-corrected chi connectivity index (χ2v) is 6.20. The van der Waals surface area contributed by atoms with Gasteiger partial charge in [0.15, 0.2) is 0 Å². The summed E-state index contributed by atoms with van der Waals surface area (Å²) in [4.78, 5) is 1.42. The second-order valence-electron chi connectivity index (χ2n) is 4.59. The Kier molecular flexibility index (Phi) is 3.78. The lowest BCUT2D eigenvalue weighted by atomic mass is 9.72. The predicted molar refractivity (Wildman–Crippen MR) is 72.0 cm³/mol. The number of thioether (sulfide) groups is 1. The monoisotopic (exact) mass is 284 g/mol. The number of aryl methyl sites for hydroxylation is 1. The highest BCUT2D eigenvalue weighted by molar-refractivity contribution is 9.09. The molecule has 0 aliphatic heterocycles. The molecule has 1 aliphatic carbocycles. The Morgan fingerprint density at radius 1 is 1.40 bits per heavy atom. The van der Waals surface area contributed by atoms with Crippen molar-refractivity contribution in [2.24, 2.45) is 5.41 Å². The Morgan fingerprint density at radius 3 is 2.73 bits per heavy atom. The summed E-state index contributed by atoms with van der Waals surface area (Å²) < 4.78 is 0. The van der Waals surface area contributed by atoms with Gasteiger partial charge >= 0.3 is 0 Å². The van der Waals surface area contributed by atoms with Crippen molar-refractivity contribution in [3.63, 3.8) is 0 Å². The molecule has 0 spiro atoms. The van der Waals surface area contributed by atoms with Gasteiger partial charge in [0.05, 0.1) is 0 Å². The van der Waals surface area contributed by atoms with E-state index in [-0.39, 0.29) is 0 Å². The van der Waals surface area contributed by atoms with Crippen molar-refractivity contribution in [1.82, 2.24) is 0 Å². The predicted octanol–water partition coefficient (Wildman–Crippen LogP) is 4.65. The fourth-order valence-electron chi connectivity index (χ4n) is 1.93. The number of alkyl halides is 1. The summed E-state index contributed by atoms with van der Waals surface area (Å²) in [6, 6.07) is 8.82. The summed E-state index contributed by atoms with van der Waals surface area (Å²) in [5, 5.41) is 1.17. The van der Waals surface area contributed by atoms with Crippen molar-refractivity contribution in [3.8, 4) is 0 Å². The standard InChI is InChI=1S/C13H17BrS/c1-11-4-2-5-12(8-11)15-10-13(9-14)6-3-7-13/h2,4-5,8H,3,6-7,9-10H2,1H3. The molecular weight excluding hydrogens is 268 g/mol. The van der Waals surface area contributed by atoms with E-state index < -0.39 is 0 Å². The van der Waals surface area contributed by atoms with Gasteiger partial charge in [0.2, 0.25) is 0 Å². The maximum Gasteiger partial charge on any atom is 0.00959 e. The highest BCUT2D eigenvalue weighted by atomic mass is 79.9. The van der Waals surface area contributed by atoms with Gasteiger partial charge in [-0.05, 0) is 37.3 Å². The largest absolute Gasteiger partial charge is 0.126 e. The van der Waals surface area contributed by atoms with Crippen LogP contribution in [0.2, 0.25) is 0 Å². The molecule has 1 saturated carbocycles. The summed E-state index contributed by atoms with van der Waals surface area (Å²) in [5.41, 5.74) is 1.95. The molecule has 0 amide bonds. The molecule has 1 aromatic carbocycles. The SMILES string of the molecule is Cc1cccc(SCC2(CBr)CCC2)c1. The minimum Gasteiger partial charge on any atom is -0.126 e. The molecule has 0 radical (unpaired) electrons. The van der Waals surface area contributed by atoms with Crippen molar-refractivity contribution in [1.29, 1.82) is 0 Å². The summed E-state index contributed by atoms with van der Waals surface area (Å²) >= 11 is 5.67. The van der Waals surface area contributed by atoms with E-state index in [0.29, 0.717) is 5.41 Å². The van der Waals surface area contributed by atoms with Crippen LogP contribution < -0.4 is 0 Å². The van der Waals surface area contributed by atoms with E-state index in [9.17, 15) is 0 Å². The van der Waals surface area contributed by atoms with Crippen LogP contribution in [-0.2, 0) is 0 Å². The number of halogens is 1. The molecule has 0 bridgehead atoms. The fourth-order valence-corrected chi connectivity index (χ4v) is 4.26. The van der Waals surface area contributed by atoms with E-state index in [0.717, 1.165) is 0 Å². The molecule has 0 nitrogen and oxygen atoms in total. The smallest absolute Gasteiger partial charge is 0.00959 e. The third-order valence-corrected chi connectivity index (χ3v) is 5.77. The van der Waals surface area contributed by atoms with Crippen LogP contribution in [0.5, 0.6) is 0 Å². The highest BCUT2D eigenvalue weighted by Crippen LogP contribution is 2.45. The quantitative estimate of drug-likeness (QED) is 0.573. The van der Waals surface area contributed by atoms with Crippen molar-refractivity contribution in [2.45, 2.75) is 31.1 Å². The van der Waals surface area contributed by atoms with Gasteiger partial charge in [0, 0.05) is 16.0 Å². The molecule has 0 unspecified atom stereocenters. The van der Waals surface area contributed by atoms with Crippen LogP contribution in [-0.4, -0.2) is 11.1 Å². The lowest BCUT2D eigenvalue weighted by Gasteiger charge is -2.40. The minimum atomic E-state index is 0.592. The lowest BCUT2D eigenvalue weighted by Crippen LogP contribution is -2.33. The van der Waals surface area contributed by atoms with E-state index in [1.54, 1.807) is 0 Å². The van der Waals surface area contributed by atoms with E-state index in [1.807, 2.05) is 11.8 Å². The lowest BCUT2D eigenvalue weighted by molar-refractivity contribution is 0.206. The fraction of sp³-hybridized carbons (Fsp3) is 0.538. The molecule has 0 heterocycles. The highest BCUT2D eigenvalue weighted by Gasteiger charge is 2.35. The van der Waals surface area contributed by atoms with Crippen molar-refractivity contribution in [3.05, 3.63) is 29.8 Å². The molecule has 2 heteroatoms. The molecule has 0 aromatic heterocycles. The molecule has 0 atom stereocenters. The maximum atomic E-state index is 3.66. The first kappa shape index (κ1) is 11.5. The normalized spacial score (nSPS) is 18.5. The van der Waals surface area contributed by atoms with Crippen LogP contribution in [0.3, 0.4) is 0 Å². The molecule has 1 fully saturated rings. The van der Waals surface area contributed by atoms with Gasteiger partial charge in [0.1, 0.15) is 0 Å². The van der Waals surface area contributed by atoms with Gasteiger partial charge in [-0.25, -0.2) is 0 Å². The van der Waals surface area contributed by atoms with Crippen LogP contribution in [0.1, 0.15) is 24.8 Å². The average Bonchev–Trinajstić information content (AvgIpc) is 2.17. The van der Waals surface area contributed by atoms with Crippen LogP contribution in [0.15, 0.2) is 29.2 Å². The first-order valence-corrected chi connectivity index (χ1v) is 7.60. The first-order chi connectivity index (χ1) is 7.24. The van der Waals surface area contributed by atoms with Gasteiger partial charge in [-0.1, -0.05) is 40.0 Å². The molecule has 0 N–H and O–H groups in total. The molecule has 1 aromatic rings. The molecule has 0 saturated heterocycles. The number of hydrogen-bond acceptors (Lipinski definition) is 1. The third-order valence-electron chi connectivity index (χ3n) is 3.23. The van der Waals surface area contributed by atoms with Crippen molar-refractivity contribution in [2.75, 3.05) is 11.1 Å². The maximum absolute atomic E-state index is 3.66. The summed E-state index contributed by atoms with van der Waals surface area (Å²) in [6.45, 7) is 2.16. The third kappa shape index (κ3) is 2.79. The topological polar surface area (TPSA) is 0 Å². The zero-order valence-corrected chi connectivity index (χ0v) is 11.5. The molecule has 82 valence electrons. The van der Waals surface area contributed by atoms with Gasteiger partial charge in [-0.3, -0.25) is 0 Å². The summed E-state index contributed by atoms with van der Waals surface area (Å²) in [6.07, 6.45) is 4.22. The second kappa shape index (κ2) is 4.92.